The van der Waals surface area contributed by atoms with Crippen molar-refractivity contribution in [2.75, 3.05) is 19.1 Å². The second-order valence-electron chi connectivity index (χ2n) is 9.64. The van der Waals surface area contributed by atoms with Crippen LogP contribution in [0, 0.1) is 18.6 Å². The zero-order chi connectivity index (χ0) is 30.1. The fourth-order valence-electron chi connectivity index (χ4n) is 4.65. The van der Waals surface area contributed by atoms with Gasteiger partial charge in [-0.2, -0.15) is 0 Å². The van der Waals surface area contributed by atoms with Crippen LogP contribution in [0.5, 0.6) is 5.75 Å². The molecule has 0 spiro atoms. The van der Waals surface area contributed by atoms with Crippen molar-refractivity contribution in [2.24, 2.45) is 7.05 Å². The molecule has 0 aliphatic rings. The number of nitrogens with one attached hydrogen (secondary N) is 1. The van der Waals surface area contributed by atoms with Crippen molar-refractivity contribution in [1.82, 2.24) is 9.88 Å². The van der Waals surface area contributed by atoms with Crippen LogP contribution in [0.1, 0.15) is 43.6 Å². The smallest absolute Gasteiger partial charge is 0.253 e. The van der Waals surface area contributed by atoms with Crippen LogP contribution >= 0.6 is 11.6 Å². The summed E-state index contributed by atoms with van der Waals surface area (Å²) in [4.78, 5) is 27.6. The van der Waals surface area contributed by atoms with Crippen molar-refractivity contribution < 1.29 is 31.5 Å². The molecular weight excluding hydrogens is 574 g/mol. The third kappa shape index (κ3) is 6.49. The van der Waals surface area contributed by atoms with Crippen LogP contribution in [0.15, 0.2) is 66.9 Å². The first kappa shape index (κ1) is 30.0. The van der Waals surface area contributed by atoms with Crippen molar-refractivity contribution in [1.29, 1.82) is 0 Å². The maximum atomic E-state index is 15.4. The summed E-state index contributed by atoms with van der Waals surface area (Å²) in [5.74, 6) is -2.84. The van der Waals surface area contributed by atoms with Crippen molar-refractivity contribution in [3.8, 4) is 16.9 Å². The fourth-order valence-corrected chi connectivity index (χ4v) is 5.73. The Labute approximate surface area is 241 Å². The molecule has 0 bridgehead atoms. The summed E-state index contributed by atoms with van der Waals surface area (Å²) in [6.07, 6.45) is 2.36. The molecular formula is C30H27ClF2N2O5S. The number of sulfone groups is 1. The molecule has 1 amide bonds. The molecule has 3 aromatic carbocycles. The summed E-state index contributed by atoms with van der Waals surface area (Å²) in [7, 11) is -0.601. The summed E-state index contributed by atoms with van der Waals surface area (Å²) >= 11 is 6.12. The fraction of sp³-hybridized carbons (Fsp3) is 0.200. The lowest BCUT2D eigenvalue weighted by molar-refractivity contribution is 0.0940. The van der Waals surface area contributed by atoms with E-state index in [2.05, 4.69) is 5.32 Å². The molecule has 0 radical (unpaired) electrons. The van der Waals surface area contributed by atoms with Gasteiger partial charge in [0.05, 0.1) is 30.2 Å². The third-order valence-electron chi connectivity index (χ3n) is 6.62. The van der Waals surface area contributed by atoms with Crippen molar-refractivity contribution in [3.05, 3.63) is 111 Å². The highest BCUT2D eigenvalue weighted by Crippen LogP contribution is 2.36. The molecule has 7 nitrogen and oxygen atoms in total. The molecule has 0 unspecified atom stereocenters. The van der Waals surface area contributed by atoms with Gasteiger partial charge >= 0.3 is 0 Å². The van der Waals surface area contributed by atoms with Crippen LogP contribution in [0.25, 0.3) is 11.1 Å². The van der Waals surface area contributed by atoms with Gasteiger partial charge in [0, 0.05) is 41.2 Å². The largest absolute Gasteiger partial charge is 0.497 e. The molecule has 4 aromatic rings. The molecule has 41 heavy (non-hydrogen) atoms. The van der Waals surface area contributed by atoms with E-state index in [1.165, 1.54) is 50.0 Å². The SMILES string of the molecule is COc1ccc(C(=O)c2c(-c3c(F)ccc(F)c3C)c(C(=O)N[C@H](CS(C)(=O)=O)c3cccc(Cl)c3)cn2C)cc1. The number of hydrogen-bond acceptors (Lipinski definition) is 5. The Kier molecular flexibility index (Phi) is 8.65. The van der Waals surface area contributed by atoms with Crippen molar-refractivity contribution in [3.63, 3.8) is 0 Å². The van der Waals surface area contributed by atoms with Gasteiger partial charge in [-0.1, -0.05) is 23.7 Å². The highest BCUT2D eigenvalue weighted by molar-refractivity contribution is 7.90. The number of rotatable bonds is 9. The van der Waals surface area contributed by atoms with Crippen LogP contribution < -0.4 is 10.1 Å². The zero-order valence-electron chi connectivity index (χ0n) is 22.7. The van der Waals surface area contributed by atoms with Crippen LogP contribution in [0.4, 0.5) is 8.78 Å². The second-order valence-corrected chi connectivity index (χ2v) is 12.3. The lowest BCUT2D eigenvalue weighted by Gasteiger charge is -2.19. The first-order valence-electron chi connectivity index (χ1n) is 12.4. The molecule has 0 aliphatic carbocycles. The van der Waals surface area contributed by atoms with Gasteiger partial charge in [0.1, 0.15) is 27.2 Å². The van der Waals surface area contributed by atoms with E-state index in [1.54, 1.807) is 30.3 Å². The van der Waals surface area contributed by atoms with E-state index in [1.807, 2.05) is 0 Å². The Morgan fingerprint density at radius 2 is 1.68 bits per heavy atom. The van der Waals surface area contributed by atoms with Gasteiger partial charge in [0.15, 0.2) is 0 Å². The molecule has 0 saturated heterocycles. The van der Waals surface area contributed by atoms with E-state index in [0.717, 1.165) is 18.4 Å². The van der Waals surface area contributed by atoms with Gasteiger partial charge in [-0.15, -0.1) is 0 Å². The summed E-state index contributed by atoms with van der Waals surface area (Å²) in [5.41, 5.74) is -0.0242. The number of aryl methyl sites for hydroxylation is 1. The zero-order valence-corrected chi connectivity index (χ0v) is 24.2. The maximum absolute atomic E-state index is 15.4. The lowest BCUT2D eigenvalue weighted by Crippen LogP contribution is -2.33. The highest BCUT2D eigenvalue weighted by Gasteiger charge is 2.31. The number of hydrogen-bond donors (Lipinski definition) is 1. The molecule has 11 heteroatoms. The Balaban J connectivity index is 1.90. The van der Waals surface area contributed by atoms with E-state index >= 15 is 4.39 Å². The van der Waals surface area contributed by atoms with Gasteiger partial charge in [0.2, 0.25) is 5.78 Å². The van der Waals surface area contributed by atoms with E-state index < -0.39 is 45.0 Å². The number of ketones is 1. The van der Waals surface area contributed by atoms with Crippen LogP contribution in [0.3, 0.4) is 0 Å². The topological polar surface area (TPSA) is 94.5 Å². The predicted octanol–water partition coefficient (Wildman–Crippen LogP) is 5.69. The monoisotopic (exact) mass is 600 g/mol. The minimum absolute atomic E-state index is 0.0599. The minimum Gasteiger partial charge on any atom is -0.497 e. The van der Waals surface area contributed by atoms with E-state index in [4.69, 9.17) is 16.3 Å². The number of nitrogens with zero attached hydrogens (tertiary/aromatic N) is 1. The molecule has 0 aliphatic heterocycles. The molecule has 1 heterocycles. The Hall–Kier alpha value is -4.02. The average Bonchev–Trinajstić information content (AvgIpc) is 3.26. The molecule has 0 fully saturated rings. The van der Waals surface area contributed by atoms with Crippen molar-refractivity contribution in [2.45, 2.75) is 13.0 Å². The number of halogens is 3. The molecule has 1 N–H and O–H groups in total. The van der Waals surface area contributed by atoms with Gasteiger partial charge in [-0.25, -0.2) is 17.2 Å². The van der Waals surface area contributed by atoms with Crippen LogP contribution in [-0.2, 0) is 16.9 Å². The first-order chi connectivity index (χ1) is 19.3. The normalized spacial score (nSPS) is 12.2. The quantitative estimate of drug-likeness (QED) is 0.249. The van der Waals surface area contributed by atoms with E-state index in [0.29, 0.717) is 16.3 Å². The van der Waals surface area contributed by atoms with Gasteiger partial charge in [0.25, 0.3) is 5.91 Å². The standard InChI is InChI=1S/C30H27ClF2N2O5S/c1-17-23(32)12-13-24(33)26(17)27-22(15-35(2)28(27)29(36)18-8-10-21(40-3)11-9-18)30(37)34-25(16-41(4,38)39)19-6-5-7-20(31)14-19/h5-15,25H,16H2,1-4H3,(H,34,37)/t25-/m1/s1. The highest BCUT2D eigenvalue weighted by atomic mass is 35.5. The van der Waals surface area contributed by atoms with Crippen LogP contribution in [0.2, 0.25) is 5.02 Å². The van der Waals surface area contributed by atoms with Crippen LogP contribution in [-0.4, -0.2) is 43.8 Å². The average molecular weight is 601 g/mol. The predicted molar refractivity (Wildman–Crippen MR) is 153 cm³/mol. The number of ether oxygens (including phenoxy) is 1. The lowest BCUT2D eigenvalue weighted by atomic mass is 9.92. The molecule has 0 saturated carbocycles. The second kappa shape index (κ2) is 11.8. The summed E-state index contributed by atoms with van der Waals surface area (Å²) in [5, 5.41) is 3.03. The van der Waals surface area contributed by atoms with E-state index in [9.17, 15) is 22.4 Å². The number of carbonyl (C=O) groups excluding carboxylic acids is 2. The summed E-state index contributed by atoms with van der Waals surface area (Å²) in [6.45, 7) is 1.35. The first-order valence-corrected chi connectivity index (χ1v) is 14.8. The third-order valence-corrected chi connectivity index (χ3v) is 7.79. The van der Waals surface area contributed by atoms with Gasteiger partial charge in [-0.05, 0) is 66.6 Å². The molecule has 1 atom stereocenters. The van der Waals surface area contributed by atoms with Crippen molar-refractivity contribution >= 4 is 33.1 Å². The molecule has 4 rings (SSSR count). The molecule has 214 valence electrons. The number of aromatic nitrogens is 1. The van der Waals surface area contributed by atoms with Gasteiger partial charge in [-0.3, -0.25) is 9.59 Å². The number of carbonyl (C=O) groups is 2. The minimum atomic E-state index is -3.59. The summed E-state index contributed by atoms with van der Waals surface area (Å²) < 4.78 is 61.1. The Morgan fingerprint density at radius 3 is 2.29 bits per heavy atom. The number of benzene rings is 3. The Morgan fingerprint density at radius 1 is 1.02 bits per heavy atom. The number of methoxy groups -OCH3 is 1. The summed E-state index contributed by atoms with van der Waals surface area (Å²) in [6, 6.07) is 13.4. The van der Waals surface area contributed by atoms with E-state index in [-0.39, 0.29) is 33.5 Å². The maximum Gasteiger partial charge on any atom is 0.253 e. The number of amides is 1. The molecule has 1 aromatic heterocycles. The Bertz CT molecular complexity index is 1750. The van der Waals surface area contributed by atoms with Gasteiger partial charge < -0.3 is 14.6 Å².